The lowest BCUT2D eigenvalue weighted by Crippen LogP contribution is -2.41. The van der Waals surface area contributed by atoms with Crippen LogP contribution in [0.15, 0.2) is 24.3 Å². The monoisotopic (exact) mass is 305 g/mol. The number of amides is 2. The van der Waals surface area contributed by atoms with Crippen LogP contribution in [0.25, 0.3) is 0 Å². The first-order chi connectivity index (χ1) is 10.5. The molecule has 22 heavy (non-hydrogen) atoms. The summed E-state index contributed by atoms with van der Waals surface area (Å²) in [4.78, 5) is 25.4. The molecule has 1 aromatic carbocycles. The van der Waals surface area contributed by atoms with Crippen LogP contribution in [-0.2, 0) is 9.59 Å². The molecule has 0 radical (unpaired) electrons. The van der Waals surface area contributed by atoms with E-state index in [1.165, 1.54) is 5.56 Å². The maximum Gasteiger partial charge on any atom is 0.238 e. The predicted octanol–water partition coefficient (Wildman–Crippen LogP) is 2.21. The molecule has 0 aliphatic carbocycles. The Kier molecular flexibility index (Phi) is 7.60. The fourth-order valence-corrected chi connectivity index (χ4v) is 2.09. The Morgan fingerprint density at radius 1 is 1.05 bits per heavy atom. The number of benzene rings is 1. The van der Waals surface area contributed by atoms with Crippen LogP contribution in [0.2, 0.25) is 0 Å². The van der Waals surface area contributed by atoms with Crippen LogP contribution in [0.4, 0.5) is 5.69 Å². The summed E-state index contributed by atoms with van der Waals surface area (Å²) in [7, 11) is 0. The van der Waals surface area contributed by atoms with Crippen LogP contribution in [0.3, 0.4) is 0 Å². The van der Waals surface area contributed by atoms with Gasteiger partial charge in [0.15, 0.2) is 0 Å². The van der Waals surface area contributed by atoms with Gasteiger partial charge < -0.3 is 10.6 Å². The van der Waals surface area contributed by atoms with Gasteiger partial charge in [-0.25, -0.2) is 0 Å². The molecule has 0 saturated carbocycles. The highest BCUT2D eigenvalue weighted by atomic mass is 16.2. The smallest absolute Gasteiger partial charge is 0.238 e. The van der Waals surface area contributed by atoms with Crippen LogP contribution in [-0.4, -0.2) is 42.9 Å². The molecule has 0 aliphatic heterocycles. The second kappa shape index (κ2) is 9.20. The molecule has 0 saturated heterocycles. The van der Waals surface area contributed by atoms with E-state index in [9.17, 15) is 9.59 Å². The number of anilines is 1. The molecule has 2 N–H and O–H groups in total. The van der Waals surface area contributed by atoms with Crippen LogP contribution in [0.5, 0.6) is 0 Å². The first-order valence-corrected chi connectivity index (χ1v) is 7.85. The minimum Gasteiger partial charge on any atom is -0.355 e. The van der Waals surface area contributed by atoms with Crippen molar-refractivity contribution in [3.63, 3.8) is 0 Å². The number of likely N-dealkylation sites (N-methyl/N-ethyl adjacent to an activating group) is 2. The second-order valence-electron chi connectivity index (χ2n) is 5.58. The summed E-state index contributed by atoms with van der Waals surface area (Å²) in [6.07, 6.45) is 0. The van der Waals surface area contributed by atoms with Crippen molar-refractivity contribution in [2.45, 2.75) is 33.6 Å². The zero-order valence-corrected chi connectivity index (χ0v) is 14.0. The first-order valence-electron chi connectivity index (χ1n) is 7.85. The quantitative estimate of drug-likeness (QED) is 0.774. The third kappa shape index (κ3) is 6.26. The highest BCUT2D eigenvalue weighted by Crippen LogP contribution is 2.17. The average Bonchev–Trinajstić information content (AvgIpc) is 2.47. The molecule has 122 valence electrons. The van der Waals surface area contributed by atoms with Crippen molar-refractivity contribution < 1.29 is 9.59 Å². The van der Waals surface area contributed by atoms with Gasteiger partial charge in [-0.3, -0.25) is 14.5 Å². The molecule has 0 bridgehead atoms. The van der Waals surface area contributed by atoms with Gasteiger partial charge in [-0.2, -0.15) is 0 Å². The zero-order valence-electron chi connectivity index (χ0n) is 14.0. The number of hydrogen-bond donors (Lipinski definition) is 2. The first kappa shape index (κ1) is 18.2. The van der Waals surface area contributed by atoms with E-state index in [2.05, 4.69) is 24.5 Å². The molecule has 5 heteroatoms. The summed E-state index contributed by atoms with van der Waals surface area (Å²) in [6, 6.07) is 7.86. The van der Waals surface area contributed by atoms with Crippen LogP contribution in [0, 0.1) is 0 Å². The Labute approximate surface area is 133 Å². The van der Waals surface area contributed by atoms with Crippen molar-refractivity contribution >= 4 is 17.5 Å². The SMILES string of the molecule is CCNC(=O)CN(CC)CC(=O)Nc1ccc(C(C)C)cc1. The van der Waals surface area contributed by atoms with Crippen molar-refractivity contribution in [3.05, 3.63) is 29.8 Å². The van der Waals surface area contributed by atoms with E-state index in [-0.39, 0.29) is 24.9 Å². The fraction of sp³-hybridized carbons (Fsp3) is 0.529. The summed E-state index contributed by atoms with van der Waals surface area (Å²) in [6.45, 7) is 9.78. The summed E-state index contributed by atoms with van der Waals surface area (Å²) in [5.74, 6) is 0.305. The van der Waals surface area contributed by atoms with Crippen LogP contribution < -0.4 is 10.6 Å². The fourth-order valence-electron chi connectivity index (χ4n) is 2.09. The van der Waals surface area contributed by atoms with Crippen LogP contribution in [0.1, 0.15) is 39.2 Å². The highest BCUT2D eigenvalue weighted by Gasteiger charge is 2.12. The van der Waals surface area contributed by atoms with E-state index in [4.69, 9.17) is 0 Å². The maximum atomic E-state index is 12.1. The van der Waals surface area contributed by atoms with Gasteiger partial charge >= 0.3 is 0 Å². The van der Waals surface area contributed by atoms with Crippen molar-refractivity contribution in [2.75, 3.05) is 31.5 Å². The normalized spacial score (nSPS) is 10.8. The number of carbonyl (C=O) groups excluding carboxylic acids is 2. The molecule has 0 atom stereocenters. The van der Waals surface area contributed by atoms with Gasteiger partial charge in [0, 0.05) is 12.2 Å². The Bertz CT molecular complexity index is 483. The van der Waals surface area contributed by atoms with Crippen molar-refractivity contribution in [1.82, 2.24) is 10.2 Å². The largest absolute Gasteiger partial charge is 0.355 e. The van der Waals surface area contributed by atoms with Gasteiger partial charge in [-0.1, -0.05) is 32.9 Å². The number of nitrogens with zero attached hydrogens (tertiary/aromatic N) is 1. The zero-order chi connectivity index (χ0) is 16.5. The lowest BCUT2D eigenvalue weighted by molar-refractivity contribution is -0.123. The standard InChI is InChI=1S/C17H27N3O2/c1-5-18-16(21)11-20(6-2)12-17(22)19-15-9-7-14(8-10-15)13(3)4/h7-10,13H,5-6,11-12H2,1-4H3,(H,18,21)(H,19,22). The van der Waals surface area contributed by atoms with E-state index in [0.717, 1.165) is 5.69 Å². The van der Waals surface area contributed by atoms with E-state index >= 15 is 0 Å². The molecule has 1 rings (SSSR count). The van der Waals surface area contributed by atoms with E-state index in [1.54, 1.807) is 0 Å². The molecule has 0 aliphatic rings. The second-order valence-corrected chi connectivity index (χ2v) is 5.58. The third-order valence-electron chi connectivity index (χ3n) is 3.42. The molecular weight excluding hydrogens is 278 g/mol. The molecule has 0 fully saturated rings. The predicted molar refractivity (Wildman–Crippen MR) is 90.0 cm³/mol. The maximum absolute atomic E-state index is 12.1. The molecule has 0 aromatic heterocycles. The van der Waals surface area contributed by atoms with Crippen LogP contribution >= 0.6 is 0 Å². The van der Waals surface area contributed by atoms with E-state index in [0.29, 0.717) is 19.0 Å². The lowest BCUT2D eigenvalue weighted by atomic mass is 10.0. The van der Waals surface area contributed by atoms with Gasteiger partial charge in [0.25, 0.3) is 0 Å². The van der Waals surface area contributed by atoms with Gasteiger partial charge in [0.2, 0.25) is 11.8 Å². The summed E-state index contributed by atoms with van der Waals surface area (Å²) in [5, 5.41) is 5.60. The van der Waals surface area contributed by atoms with Gasteiger partial charge in [0.05, 0.1) is 13.1 Å². The summed E-state index contributed by atoms with van der Waals surface area (Å²) >= 11 is 0. The van der Waals surface area contributed by atoms with E-state index in [1.807, 2.05) is 43.0 Å². The third-order valence-corrected chi connectivity index (χ3v) is 3.42. The van der Waals surface area contributed by atoms with Gasteiger partial charge in [-0.05, 0) is 37.1 Å². The van der Waals surface area contributed by atoms with Crippen molar-refractivity contribution in [1.29, 1.82) is 0 Å². The number of hydrogen-bond acceptors (Lipinski definition) is 3. The molecular formula is C17H27N3O2. The average molecular weight is 305 g/mol. The summed E-state index contributed by atoms with van der Waals surface area (Å²) in [5.41, 5.74) is 2.02. The molecule has 0 unspecified atom stereocenters. The molecule has 0 heterocycles. The van der Waals surface area contributed by atoms with Crippen molar-refractivity contribution in [2.24, 2.45) is 0 Å². The Morgan fingerprint density at radius 2 is 1.64 bits per heavy atom. The van der Waals surface area contributed by atoms with Crippen molar-refractivity contribution in [3.8, 4) is 0 Å². The number of rotatable bonds is 8. The molecule has 5 nitrogen and oxygen atoms in total. The molecule has 2 amide bonds. The topological polar surface area (TPSA) is 61.4 Å². The molecule has 1 aromatic rings. The summed E-state index contributed by atoms with van der Waals surface area (Å²) < 4.78 is 0. The lowest BCUT2D eigenvalue weighted by Gasteiger charge is -2.19. The minimum atomic E-state index is -0.108. The highest BCUT2D eigenvalue weighted by molar-refractivity contribution is 5.92. The van der Waals surface area contributed by atoms with E-state index < -0.39 is 0 Å². The Morgan fingerprint density at radius 3 is 2.14 bits per heavy atom. The van der Waals surface area contributed by atoms with Gasteiger partial charge in [-0.15, -0.1) is 0 Å². The minimum absolute atomic E-state index is 0.0570. The Hall–Kier alpha value is -1.88. The number of carbonyl (C=O) groups is 2. The molecule has 0 spiro atoms. The van der Waals surface area contributed by atoms with Gasteiger partial charge in [0.1, 0.15) is 0 Å². The Balaban J connectivity index is 2.51. The number of nitrogens with one attached hydrogen (secondary N) is 2.